The first-order valence-electron chi connectivity index (χ1n) is 5.25. The highest BCUT2D eigenvalue weighted by atomic mass is 32.2. The molecule has 23 heavy (non-hydrogen) atoms. The van der Waals surface area contributed by atoms with Crippen LogP contribution in [-0.4, -0.2) is 44.6 Å². The summed E-state index contributed by atoms with van der Waals surface area (Å²) in [7, 11) is -3.78. The smallest absolute Gasteiger partial charge is 0.485 e. The van der Waals surface area contributed by atoms with Crippen LogP contribution < -0.4 is 4.79 Å². The fourth-order valence-corrected chi connectivity index (χ4v) is 0.973. The van der Waals surface area contributed by atoms with Gasteiger partial charge in [0.05, 0.1) is 18.7 Å². The first kappa shape index (κ1) is 20.7. The maximum Gasteiger partial charge on any atom is 0.485 e. The predicted octanol–water partition coefficient (Wildman–Crippen LogP) is 0.331. The van der Waals surface area contributed by atoms with Crippen molar-refractivity contribution in [2.24, 2.45) is 0 Å². The van der Waals surface area contributed by atoms with E-state index in [1.807, 2.05) is 0 Å². The summed E-state index contributed by atoms with van der Waals surface area (Å²) in [6.07, 6.45) is 0.845. The molecule has 1 rings (SSSR count). The zero-order chi connectivity index (χ0) is 18.4. The number of hydrogen-bond donors (Lipinski definition) is 0. The summed E-state index contributed by atoms with van der Waals surface area (Å²) in [5, 5.41) is 0. The molecule has 8 nitrogen and oxygen atoms in total. The van der Waals surface area contributed by atoms with Gasteiger partial charge in [0, 0.05) is 10.9 Å². The maximum absolute atomic E-state index is 13.2. The molecule has 0 amide bonds. The van der Waals surface area contributed by atoms with Gasteiger partial charge in [-0.25, -0.2) is 18.0 Å². The molecule has 0 saturated heterocycles. The van der Waals surface area contributed by atoms with Gasteiger partial charge in [-0.1, -0.05) is 0 Å². The summed E-state index contributed by atoms with van der Waals surface area (Å²) in [6.45, 7) is 0. The third-order valence-electron chi connectivity index (χ3n) is 2.00. The molecule has 1 aromatic heterocycles. The van der Waals surface area contributed by atoms with E-state index in [4.69, 9.17) is 13.0 Å². The van der Waals surface area contributed by atoms with E-state index in [1.165, 1.54) is 13.2 Å². The van der Waals surface area contributed by atoms with Crippen molar-refractivity contribution in [3.05, 3.63) is 29.6 Å². The maximum atomic E-state index is 13.2. The first-order chi connectivity index (χ1) is 10.3. The summed E-state index contributed by atoms with van der Waals surface area (Å²) in [5.41, 5.74) is -5.94. The standard InChI is InChI=1S/C9H9FNO4.CHF3O3S/c1-14-8(12)6-3-4-7(9(13)15-2)11(10)5-6;2-1(3,4)8(5,6)7/h3-5H,1-2H3;(H,5,6,7)/q+1;/p-1. The summed E-state index contributed by atoms with van der Waals surface area (Å²) >= 11 is 0. The van der Waals surface area contributed by atoms with Crippen LogP contribution >= 0.6 is 0 Å². The van der Waals surface area contributed by atoms with Gasteiger partial charge < -0.3 is 14.0 Å². The molecule has 0 atom stereocenters. The molecule has 1 heterocycles. The minimum atomic E-state index is -6.09. The highest BCUT2D eigenvalue weighted by molar-refractivity contribution is 7.86. The van der Waals surface area contributed by atoms with Crippen LogP contribution in [0.4, 0.5) is 17.7 Å². The topological polar surface area (TPSA) is 114 Å². The van der Waals surface area contributed by atoms with Gasteiger partial charge in [-0.05, 0) is 6.07 Å². The van der Waals surface area contributed by atoms with E-state index in [1.54, 1.807) is 0 Å². The number of nitrogens with zero attached hydrogens (tertiary/aromatic N) is 1. The number of hydrogen-bond acceptors (Lipinski definition) is 7. The van der Waals surface area contributed by atoms with Gasteiger partial charge in [0.15, 0.2) is 10.1 Å². The van der Waals surface area contributed by atoms with Crippen molar-refractivity contribution in [3.8, 4) is 0 Å². The third kappa shape index (κ3) is 6.15. The zero-order valence-electron chi connectivity index (χ0n) is 11.5. The van der Waals surface area contributed by atoms with E-state index in [2.05, 4.69) is 9.47 Å². The van der Waals surface area contributed by atoms with Crippen molar-refractivity contribution < 1.29 is 54.5 Å². The lowest BCUT2D eigenvalue weighted by molar-refractivity contribution is -0.845. The lowest BCUT2D eigenvalue weighted by Crippen LogP contribution is -2.33. The Morgan fingerprint density at radius 1 is 1.13 bits per heavy atom. The monoisotopic (exact) mass is 363 g/mol. The number of pyridine rings is 1. The van der Waals surface area contributed by atoms with E-state index in [0.29, 0.717) is 0 Å². The van der Waals surface area contributed by atoms with Crippen LogP contribution in [0.15, 0.2) is 18.3 Å². The van der Waals surface area contributed by atoms with Crippen molar-refractivity contribution in [2.45, 2.75) is 5.51 Å². The van der Waals surface area contributed by atoms with Crippen LogP contribution in [0.3, 0.4) is 0 Å². The molecule has 0 N–H and O–H groups in total. The molecule has 0 aliphatic rings. The quantitative estimate of drug-likeness (QED) is 0.322. The molecule has 0 aromatic carbocycles. The van der Waals surface area contributed by atoms with Crippen molar-refractivity contribution in [2.75, 3.05) is 14.2 Å². The fraction of sp³-hybridized carbons (Fsp3) is 0.300. The average molecular weight is 363 g/mol. The zero-order valence-corrected chi connectivity index (χ0v) is 12.3. The molecular formula is C10H9F4NO7S. The Morgan fingerprint density at radius 2 is 1.57 bits per heavy atom. The lowest BCUT2D eigenvalue weighted by Gasteiger charge is -2.08. The number of esters is 2. The van der Waals surface area contributed by atoms with Crippen LogP contribution in [0.25, 0.3) is 0 Å². The van der Waals surface area contributed by atoms with E-state index >= 15 is 0 Å². The molecular weight excluding hydrogens is 354 g/mol. The second-order valence-electron chi connectivity index (χ2n) is 3.50. The van der Waals surface area contributed by atoms with E-state index in [-0.39, 0.29) is 16.0 Å². The third-order valence-corrected chi connectivity index (χ3v) is 2.57. The number of alkyl halides is 3. The first-order valence-corrected chi connectivity index (χ1v) is 6.66. The predicted molar refractivity (Wildman–Crippen MR) is 61.6 cm³/mol. The average Bonchev–Trinajstić information content (AvgIpc) is 2.44. The number of carbonyl (C=O) groups is 2. The summed E-state index contributed by atoms with van der Waals surface area (Å²) in [6, 6.07) is 2.41. The van der Waals surface area contributed by atoms with Crippen molar-refractivity contribution in [3.63, 3.8) is 0 Å². The molecule has 130 valence electrons. The highest BCUT2D eigenvalue weighted by Gasteiger charge is 2.36. The van der Waals surface area contributed by atoms with Gasteiger partial charge >= 0.3 is 23.1 Å². The van der Waals surface area contributed by atoms with Gasteiger partial charge in [-0.15, -0.1) is 0 Å². The van der Waals surface area contributed by atoms with Gasteiger partial charge in [0.1, 0.15) is 5.56 Å². The summed E-state index contributed by atoms with van der Waals surface area (Å²) < 4.78 is 80.8. The SMILES string of the molecule is COC(=O)c1ccc(C(=O)OC)[n+](F)c1.O=S(=O)([O-])C(F)(F)F. The number of carbonyl (C=O) groups excluding carboxylic acids is 2. The second kappa shape index (κ2) is 7.82. The molecule has 0 aliphatic heterocycles. The Bertz CT molecular complexity index is 687. The van der Waals surface area contributed by atoms with Crippen molar-refractivity contribution >= 4 is 22.1 Å². The Balaban J connectivity index is 0.000000515. The summed E-state index contributed by atoms with van der Waals surface area (Å²) in [5.74, 6) is -1.51. The van der Waals surface area contributed by atoms with Gasteiger partial charge in [0.25, 0.3) is 0 Å². The number of ether oxygens (including phenoxy) is 2. The number of rotatable bonds is 2. The van der Waals surface area contributed by atoms with E-state index < -0.39 is 27.6 Å². The molecule has 0 radical (unpaired) electrons. The molecule has 0 aliphatic carbocycles. The molecule has 0 saturated carbocycles. The molecule has 1 aromatic rings. The van der Waals surface area contributed by atoms with Crippen LogP contribution in [0, 0.1) is 0 Å². The van der Waals surface area contributed by atoms with Gasteiger partial charge in [-0.3, -0.25) is 0 Å². The Morgan fingerprint density at radius 3 is 1.87 bits per heavy atom. The van der Waals surface area contributed by atoms with Crippen LogP contribution in [0.5, 0.6) is 0 Å². The van der Waals surface area contributed by atoms with E-state index in [9.17, 15) is 27.2 Å². The number of halogens is 4. The molecule has 0 unspecified atom stereocenters. The Kier molecular flexibility index (Phi) is 7.05. The van der Waals surface area contributed by atoms with E-state index in [0.717, 1.165) is 19.4 Å². The minimum Gasteiger partial charge on any atom is -0.741 e. The Labute approximate surface area is 126 Å². The van der Waals surface area contributed by atoms with Gasteiger partial charge in [0.2, 0.25) is 6.20 Å². The second-order valence-corrected chi connectivity index (χ2v) is 4.87. The number of methoxy groups -OCH3 is 2. The van der Waals surface area contributed by atoms with Crippen molar-refractivity contribution in [1.82, 2.24) is 0 Å². The Hall–Kier alpha value is -2.28. The van der Waals surface area contributed by atoms with Crippen LogP contribution in [-0.2, 0) is 19.6 Å². The van der Waals surface area contributed by atoms with Crippen LogP contribution in [0.2, 0.25) is 0 Å². The molecule has 0 bridgehead atoms. The molecule has 13 heteroatoms. The lowest BCUT2D eigenvalue weighted by atomic mass is 10.2. The molecule has 0 spiro atoms. The van der Waals surface area contributed by atoms with Gasteiger partial charge in [-0.2, -0.15) is 13.2 Å². The minimum absolute atomic E-state index is 0.00709. The van der Waals surface area contributed by atoms with Crippen molar-refractivity contribution in [1.29, 1.82) is 0 Å². The van der Waals surface area contributed by atoms with Crippen LogP contribution in [0.1, 0.15) is 20.8 Å². The summed E-state index contributed by atoms with van der Waals surface area (Å²) in [4.78, 5) is 22.0. The fourth-order valence-electron chi connectivity index (χ4n) is 0.973. The molecule has 0 fully saturated rings. The highest BCUT2D eigenvalue weighted by Crippen LogP contribution is 2.20. The largest absolute Gasteiger partial charge is 0.741 e. The normalized spacial score (nSPS) is 11.1. The number of aromatic nitrogens is 1.